The number of carbonyl (C=O) groups excluding carboxylic acids is 1. The van der Waals surface area contributed by atoms with E-state index in [2.05, 4.69) is 4.98 Å². The maximum atomic E-state index is 12.3. The molecule has 0 spiro atoms. The zero-order chi connectivity index (χ0) is 14.0. The van der Waals surface area contributed by atoms with Crippen molar-refractivity contribution in [1.29, 1.82) is 0 Å². The Balaban J connectivity index is 2.33. The third-order valence-electron chi connectivity index (χ3n) is 2.87. The van der Waals surface area contributed by atoms with Gasteiger partial charge in [0.2, 0.25) is 0 Å². The number of hydrogen-bond acceptors (Lipinski definition) is 3. The number of carbonyl (C=O) groups is 1. The third kappa shape index (κ3) is 3.09. The summed E-state index contributed by atoms with van der Waals surface area (Å²) in [6.07, 6.45) is 2.88. The Hall–Kier alpha value is -1.50. The van der Waals surface area contributed by atoms with Crippen molar-refractivity contribution in [3.05, 3.63) is 61.3 Å². The number of aromatic nitrogens is 2. The van der Waals surface area contributed by atoms with Crippen molar-refractivity contribution < 1.29 is 4.79 Å². The van der Waals surface area contributed by atoms with Crippen LogP contribution in [0.2, 0.25) is 0 Å². The molecule has 1 aromatic heterocycles. The molecular formula is C14H13IN2O2. The van der Waals surface area contributed by atoms with Gasteiger partial charge in [-0.15, -0.1) is 0 Å². The summed E-state index contributed by atoms with van der Waals surface area (Å²) >= 11 is 1.92. The molecule has 2 aromatic rings. The molecule has 0 unspecified atom stereocenters. The van der Waals surface area contributed by atoms with E-state index >= 15 is 0 Å². The second kappa shape index (κ2) is 5.64. The van der Waals surface area contributed by atoms with E-state index in [0.717, 1.165) is 11.1 Å². The summed E-state index contributed by atoms with van der Waals surface area (Å²) in [5.74, 6) is -0.0768. The number of nitrogens with zero attached hydrogens (tertiary/aromatic N) is 2. The summed E-state index contributed by atoms with van der Waals surface area (Å²) < 4.78 is 1.85. The molecule has 5 heteroatoms. The minimum Gasteiger partial charge on any atom is -0.292 e. The van der Waals surface area contributed by atoms with Gasteiger partial charge in [0.15, 0.2) is 5.78 Å². The SMILES string of the molecule is Cc1ccc(C)c(C(=O)Cn2cncc(I)c2=O)c1. The van der Waals surface area contributed by atoms with Crippen LogP contribution in [0, 0.1) is 17.4 Å². The highest BCUT2D eigenvalue weighted by Crippen LogP contribution is 2.12. The van der Waals surface area contributed by atoms with Gasteiger partial charge in [0.1, 0.15) is 0 Å². The summed E-state index contributed by atoms with van der Waals surface area (Å²) in [4.78, 5) is 28.0. The van der Waals surface area contributed by atoms with Gasteiger partial charge >= 0.3 is 0 Å². The monoisotopic (exact) mass is 368 g/mol. The molecule has 0 saturated heterocycles. The van der Waals surface area contributed by atoms with Gasteiger partial charge in [0, 0.05) is 11.8 Å². The smallest absolute Gasteiger partial charge is 0.267 e. The molecule has 0 atom stereocenters. The van der Waals surface area contributed by atoms with Crippen LogP contribution in [0.3, 0.4) is 0 Å². The van der Waals surface area contributed by atoms with Gasteiger partial charge < -0.3 is 0 Å². The quantitative estimate of drug-likeness (QED) is 0.618. The number of hydrogen-bond donors (Lipinski definition) is 0. The minimum atomic E-state index is -0.186. The Bertz CT molecular complexity index is 692. The van der Waals surface area contributed by atoms with Gasteiger partial charge in [-0.2, -0.15) is 0 Å². The molecule has 1 heterocycles. The summed E-state index contributed by atoms with van der Waals surface area (Å²) in [7, 11) is 0. The fraction of sp³-hybridized carbons (Fsp3) is 0.214. The van der Waals surface area contributed by atoms with Crippen LogP contribution in [0.15, 0.2) is 35.5 Å². The Morgan fingerprint density at radius 3 is 2.84 bits per heavy atom. The van der Waals surface area contributed by atoms with Crippen molar-refractivity contribution in [1.82, 2.24) is 9.55 Å². The average Bonchev–Trinajstić information content (AvgIpc) is 2.38. The van der Waals surface area contributed by atoms with Crippen molar-refractivity contribution in [2.24, 2.45) is 0 Å². The molecule has 0 bridgehead atoms. The first-order valence-electron chi connectivity index (χ1n) is 5.79. The van der Waals surface area contributed by atoms with E-state index in [1.54, 1.807) is 0 Å². The predicted octanol–water partition coefficient (Wildman–Crippen LogP) is 2.35. The van der Waals surface area contributed by atoms with E-state index in [4.69, 9.17) is 0 Å². The summed E-state index contributed by atoms with van der Waals surface area (Å²) in [6.45, 7) is 3.85. The molecule has 98 valence electrons. The van der Waals surface area contributed by atoms with Crippen LogP contribution < -0.4 is 5.56 Å². The minimum absolute atomic E-state index is 0.0208. The molecular weight excluding hydrogens is 355 g/mol. The van der Waals surface area contributed by atoms with Crippen molar-refractivity contribution in [3.8, 4) is 0 Å². The normalized spacial score (nSPS) is 10.5. The average molecular weight is 368 g/mol. The van der Waals surface area contributed by atoms with Crippen LogP contribution >= 0.6 is 22.6 Å². The Morgan fingerprint density at radius 1 is 1.37 bits per heavy atom. The maximum absolute atomic E-state index is 12.3. The lowest BCUT2D eigenvalue weighted by Gasteiger charge is -2.08. The Labute approximate surface area is 124 Å². The lowest BCUT2D eigenvalue weighted by atomic mass is 10.0. The van der Waals surface area contributed by atoms with Crippen LogP contribution in [0.4, 0.5) is 0 Å². The van der Waals surface area contributed by atoms with Crippen LogP contribution in [0.1, 0.15) is 21.5 Å². The molecule has 0 aliphatic rings. The van der Waals surface area contributed by atoms with E-state index in [1.807, 2.05) is 54.6 Å². The van der Waals surface area contributed by atoms with E-state index in [9.17, 15) is 9.59 Å². The third-order valence-corrected chi connectivity index (χ3v) is 3.61. The number of aryl methyl sites for hydroxylation is 2. The van der Waals surface area contributed by atoms with Crippen molar-refractivity contribution >= 4 is 28.4 Å². The molecule has 0 N–H and O–H groups in total. The van der Waals surface area contributed by atoms with Gasteiger partial charge in [-0.25, -0.2) is 4.98 Å². The predicted molar refractivity (Wildman–Crippen MR) is 81.5 cm³/mol. The summed E-state index contributed by atoms with van der Waals surface area (Å²) in [5, 5.41) is 0. The number of halogens is 1. The van der Waals surface area contributed by atoms with E-state index < -0.39 is 0 Å². The molecule has 0 aliphatic carbocycles. The van der Waals surface area contributed by atoms with Gasteiger partial charge in [-0.05, 0) is 48.1 Å². The Kier molecular flexibility index (Phi) is 4.14. The number of Topliss-reactive ketones (excluding diaryl/α,β-unsaturated/α-hetero) is 1. The van der Waals surface area contributed by atoms with Crippen LogP contribution in [0.25, 0.3) is 0 Å². The zero-order valence-corrected chi connectivity index (χ0v) is 12.8. The molecule has 0 saturated carbocycles. The fourth-order valence-electron chi connectivity index (χ4n) is 1.81. The first-order valence-corrected chi connectivity index (χ1v) is 6.87. The first kappa shape index (κ1) is 13.9. The largest absolute Gasteiger partial charge is 0.292 e. The summed E-state index contributed by atoms with van der Waals surface area (Å²) in [5.41, 5.74) is 2.42. The van der Waals surface area contributed by atoms with Crippen molar-refractivity contribution in [2.45, 2.75) is 20.4 Å². The van der Waals surface area contributed by atoms with Gasteiger partial charge in [0.25, 0.3) is 5.56 Å². The van der Waals surface area contributed by atoms with Crippen molar-refractivity contribution in [2.75, 3.05) is 0 Å². The van der Waals surface area contributed by atoms with Gasteiger partial charge in [0.05, 0.1) is 16.4 Å². The summed E-state index contributed by atoms with van der Waals surface area (Å²) in [6, 6.07) is 5.73. The van der Waals surface area contributed by atoms with E-state index in [-0.39, 0.29) is 17.9 Å². The number of ketones is 1. The standard InChI is InChI=1S/C14H13IN2O2/c1-9-3-4-10(2)11(5-9)13(18)7-17-8-16-6-12(15)14(17)19/h3-6,8H,7H2,1-2H3. The number of rotatable bonds is 3. The zero-order valence-electron chi connectivity index (χ0n) is 10.7. The Morgan fingerprint density at radius 2 is 2.11 bits per heavy atom. The molecule has 0 aliphatic heterocycles. The fourth-order valence-corrected chi connectivity index (χ4v) is 2.28. The van der Waals surface area contributed by atoms with Crippen LogP contribution in [0.5, 0.6) is 0 Å². The van der Waals surface area contributed by atoms with Crippen molar-refractivity contribution in [3.63, 3.8) is 0 Å². The maximum Gasteiger partial charge on any atom is 0.267 e. The molecule has 1 aromatic carbocycles. The second-order valence-corrected chi connectivity index (χ2v) is 5.58. The van der Waals surface area contributed by atoms with E-state index in [0.29, 0.717) is 9.13 Å². The number of benzene rings is 1. The molecule has 0 fully saturated rings. The van der Waals surface area contributed by atoms with Gasteiger partial charge in [-0.1, -0.05) is 17.7 Å². The second-order valence-electron chi connectivity index (χ2n) is 4.42. The lowest BCUT2D eigenvalue weighted by Crippen LogP contribution is -2.26. The highest BCUT2D eigenvalue weighted by Gasteiger charge is 2.11. The molecule has 2 rings (SSSR count). The highest BCUT2D eigenvalue weighted by molar-refractivity contribution is 14.1. The topological polar surface area (TPSA) is 52.0 Å². The molecule has 0 radical (unpaired) electrons. The molecule has 0 amide bonds. The first-order chi connectivity index (χ1) is 8.99. The van der Waals surface area contributed by atoms with Gasteiger partial charge in [-0.3, -0.25) is 14.2 Å². The highest BCUT2D eigenvalue weighted by atomic mass is 127. The van der Waals surface area contributed by atoms with E-state index in [1.165, 1.54) is 17.1 Å². The molecule has 19 heavy (non-hydrogen) atoms. The van der Waals surface area contributed by atoms with Crippen LogP contribution in [-0.4, -0.2) is 15.3 Å². The molecule has 4 nitrogen and oxygen atoms in total. The van der Waals surface area contributed by atoms with Crippen LogP contribution in [-0.2, 0) is 6.54 Å². The lowest BCUT2D eigenvalue weighted by molar-refractivity contribution is 0.0969.